The van der Waals surface area contributed by atoms with E-state index >= 15 is 0 Å². The highest BCUT2D eigenvalue weighted by Gasteiger charge is 2.29. The Morgan fingerprint density at radius 2 is 2.35 bits per heavy atom. The van der Waals surface area contributed by atoms with Gasteiger partial charge in [0.05, 0.1) is 5.56 Å². The van der Waals surface area contributed by atoms with Crippen molar-refractivity contribution in [3.05, 3.63) is 23.7 Å². The molecule has 1 aliphatic rings. The number of carbonyl (C=O) groups is 1. The van der Waals surface area contributed by atoms with Gasteiger partial charge in [0.1, 0.15) is 12.0 Å². The number of hydrogen-bond acceptors (Lipinski definition) is 3. The van der Waals surface area contributed by atoms with Crippen LogP contribution in [-0.2, 0) is 0 Å². The number of hydrogen-bond donors (Lipinski definition) is 1. The van der Waals surface area contributed by atoms with Gasteiger partial charge in [0.2, 0.25) is 0 Å². The molecule has 1 saturated carbocycles. The molecule has 1 aromatic rings. The van der Waals surface area contributed by atoms with Crippen LogP contribution in [0.1, 0.15) is 41.8 Å². The van der Waals surface area contributed by atoms with Gasteiger partial charge in [-0.3, -0.25) is 4.79 Å². The number of nitrogens with two attached hydrogens (primary N) is 1. The Hall–Kier alpha value is -1.29. The molecule has 0 spiro atoms. The van der Waals surface area contributed by atoms with E-state index in [-0.39, 0.29) is 5.91 Å². The maximum Gasteiger partial charge on any atom is 0.257 e. The van der Waals surface area contributed by atoms with Crippen molar-refractivity contribution in [3.8, 4) is 0 Å². The van der Waals surface area contributed by atoms with E-state index in [9.17, 15) is 4.79 Å². The average molecular weight is 236 g/mol. The molecule has 2 rings (SSSR count). The van der Waals surface area contributed by atoms with Gasteiger partial charge >= 0.3 is 0 Å². The second-order valence-electron chi connectivity index (χ2n) is 4.67. The largest absolute Gasteiger partial charge is 0.469 e. The highest BCUT2D eigenvalue weighted by atomic mass is 16.3. The van der Waals surface area contributed by atoms with Crippen molar-refractivity contribution in [2.75, 3.05) is 13.1 Å². The minimum atomic E-state index is 0.0833. The summed E-state index contributed by atoms with van der Waals surface area (Å²) in [4.78, 5) is 14.3. The molecule has 0 radical (unpaired) electrons. The molecule has 2 N–H and O–H groups in total. The van der Waals surface area contributed by atoms with Crippen molar-refractivity contribution in [2.45, 2.75) is 38.6 Å². The smallest absolute Gasteiger partial charge is 0.257 e. The predicted molar refractivity (Wildman–Crippen MR) is 65.8 cm³/mol. The molecule has 0 bridgehead atoms. The molecule has 4 heteroatoms. The summed E-state index contributed by atoms with van der Waals surface area (Å²) in [7, 11) is 0. The third kappa shape index (κ3) is 2.69. The van der Waals surface area contributed by atoms with E-state index in [0.717, 1.165) is 31.6 Å². The molecule has 1 heterocycles. The quantitative estimate of drug-likeness (QED) is 0.849. The van der Waals surface area contributed by atoms with E-state index in [1.54, 1.807) is 12.3 Å². The minimum Gasteiger partial charge on any atom is -0.469 e. The van der Waals surface area contributed by atoms with Crippen LogP contribution in [0.15, 0.2) is 16.7 Å². The first-order valence-corrected chi connectivity index (χ1v) is 6.28. The van der Waals surface area contributed by atoms with Crippen LogP contribution >= 0.6 is 0 Å². The zero-order valence-corrected chi connectivity index (χ0v) is 10.3. The maximum atomic E-state index is 12.3. The fourth-order valence-corrected chi connectivity index (χ4v) is 2.13. The molecule has 1 fully saturated rings. The number of rotatable bonds is 5. The topological polar surface area (TPSA) is 59.5 Å². The average Bonchev–Trinajstić information content (AvgIpc) is 2.67. The number of aryl methyl sites for hydroxylation is 1. The van der Waals surface area contributed by atoms with Crippen LogP contribution in [0.4, 0.5) is 0 Å². The van der Waals surface area contributed by atoms with Crippen molar-refractivity contribution >= 4 is 5.91 Å². The van der Waals surface area contributed by atoms with Gasteiger partial charge in [-0.1, -0.05) is 0 Å². The summed E-state index contributed by atoms with van der Waals surface area (Å²) < 4.78 is 5.20. The summed E-state index contributed by atoms with van der Waals surface area (Å²) in [5.41, 5.74) is 6.18. The molecule has 94 valence electrons. The summed E-state index contributed by atoms with van der Waals surface area (Å²) in [6.45, 7) is 3.23. The van der Waals surface area contributed by atoms with Gasteiger partial charge in [0.25, 0.3) is 5.91 Å². The molecule has 0 unspecified atom stereocenters. The van der Waals surface area contributed by atoms with Crippen LogP contribution in [-0.4, -0.2) is 29.9 Å². The molecule has 1 aliphatic carbocycles. The normalized spacial score (nSPS) is 15.6. The predicted octanol–water partition coefficient (Wildman–Crippen LogP) is 1.93. The van der Waals surface area contributed by atoms with Crippen molar-refractivity contribution in [2.24, 2.45) is 5.73 Å². The summed E-state index contributed by atoms with van der Waals surface area (Å²) >= 11 is 0. The van der Waals surface area contributed by atoms with Crippen LogP contribution in [0.5, 0.6) is 0 Å². The molecule has 0 saturated heterocycles. The summed E-state index contributed by atoms with van der Waals surface area (Å²) in [5.74, 6) is 0.862. The first-order valence-electron chi connectivity index (χ1n) is 6.28. The van der Waals surface area contributed by atoms with Gasteiger partial charge in [-0.05, 0) is 45.2 Å². The molecule has 0 aromatic carbocycles. The number of carbonyl (C=O) groups excluding carboxylic acids is 1. The summed E-state index contributed by atoms with van der Waals surface area (Å²) in [5, 5.41) is 0. The highest BCUT2D eigenvalue weighted by molar-refractivity contribution is 5.94. The van der Waals surface area contributed by atoms with Crippen LogP contribution in [0.25, 0.3) is 0 Å². The second kappa shape index (κ2) is 5.36. The van der Waals surface area contributed by atoms with Crippen molar-refractivity contribution in [1.82, 2.24) is 4.90 Å². The van der Waals surface area contributed by atoms with E-state index in [2.05, 4.69) is 0 Å². The van der Waals surface area contributed by atoms with Crippen molar-refractivity contribution in [1.29, 1.82) is 0 Å². The molecular formula is C13H20N2O2. The fraction of sp³-hybridized carbons (Fsp3) is 0.615. The van der Waals surface area contributed by atoms with Crippen molar-refractivity contribution < 1.29 is 9.21 Å². The zero-order chi connectivity index (χ0) is 12.3. The Balaban J connectivity index is 2.06. The van der Waals surface area contributed by atoms with Crippen LogP contribution in [0.3, 0.4) is 0 Å². The lowest BCUT2D eigenvalue weighted by Gasteiger charge is -2.37. The molecule has 17 heavy (non-hydrogen) atoms. The Morgan fingerprint density at radius 3 is 2.82 bits per heavy atom. The first-order chi connectivity index (χ1) is 8.22. The monoisotopic (exact) mass is 236 g/mol. The fourth-order valence-electron chi connectivity index (χ4n) is 2.13. The SMILES string of the molecule is Cc1cc(C(=O)N(CCCN)C2CCC2)co1. The summed E-state index contributed by atoms with van der Waals surface area (Å²) in [6, 6.07) is 2.21. The lowest BCUT2D eigenvalue weighted by molar-refractivity contribution is 0.0578. The lowest BCUT2D eigenvalue weighted by atomic mass is 9.91. The van der Waals surface area contributed by atoms with Crippen LogP contribution in [0.2, 0.25) is 0 Å². The van der Waals surface area contributed by atoms with Gasteiger partial charge in [0, 0.05) is 12.6 Å². The maximum absolute atomic E-state index is 12.3. The van der Waals surface area contributed by atoms with E-state index in [1.165, 1.54) is 6.42 Å². The van der Waals surface area contributed by atoms with Crippen LogP contribution in [0, 0.1) is 6.92 Å². The van der Waals surface area contributed by atoms with E-state index < -0.39 is 0 Å². The Bertz CT molecular complexity index is 383. The molecular weight excluding hydrogens is 216 g/mol. The van der Waals surface area contributed by atoms with Gasteiger partial charge in [-0.25, -0.2) is 0 Å². The number of amides is 1. The molecule has 4 nitrogen and oxygen atoms in total. The standard InChI is InChI=1S/C13H20N2O2/c1-10-8-11(9-17-10)13(16)15(7-3-6-14)12-4-2-5-12/h8-9,12H,2-7,14H2,1H3. The first kappa shape index (κ1) is 12.2. The minimum absolute atomic E-state index is 0.0833. The van der Waals surface area contributed by atoms with Gasteiger partial charge < -0.3 is 15.1 Å². The van der Waals surface area contributed by atoms with Gasteiger partial charge in [-0.15, -0.1) is 0 Å². The third-order valence-corrected chi connectivity index (χ3v) is 3.36. The Labute approximate surface area is 102 Å². The van der Waals surface area contributed by atoms with Gasteiger partial charge in [-0.2, -0.15) is 0 Å². The second-order valence-corrected chi connectivity index (χ2v) is 4.67. The van der Waals surface area contributed by atoms with Gasteiger partial charge in [0.15, 0.2) is 0 Å². The molecule has 0 atom stereocenters. The van der Waals surface area contributed by atoms with Crippen LogP contribution < -0.4 is 5.73 Å². The van der Waals surface area contributed by atoms with E-state index in [0.29, 0.717) is 18.2 Å². The zero-order valence-electron chi connectivity index (χ0n) is 10.3. The molecule has 1 aromatic heterocycles. The number of nitrogens with zero attached hydrogens (tertiary/aromatic N) is 1. The highest BCUT2D eigenvalue weighted by Crippen LogP contribution is 2.26. The number of furan rings is 1. The molecule has 0 aliphatic heterocycles. The lowest BCUT2D eigenvalue weighted by Crippen LogP contribution is -2.45. The summed E-state index contributed by atoms with van der Waals surface area (Å²) in [6.07, 6.45) is 5.87. The third-order valence-electron chi connectivity index (χ3n) is 3.36. The Kier molecular flexibility index (Phi) is 3.84. The van der Waals surface area contributed by atoms with E-state index in [4.69, 9.17) is 10.2 Å². The van der Waals surface area contributed by atoms with E-state index in [1.807, 2.05) is 11.8 Å². The Morgan fingerprint density at radius 1 is 1.59 bits per heavy atom. The van der Waals surface area contributed by atoms with Crippen molar-refractivity contribution in [3.63, 3.8) is 0 Å². The molecule has 1 amide bonds.